The first-order valence-corrected chi connectivity index (χ1v) is 12.9. The number of anilines is 1. The molecule has 0 saturated carbocycles. The van der Waals surface area contributed by atoms with Gasteiger partial charge in [-0.25, -0.2) is 13.4 Å². The molecule has 12 heteroatoms. The van der Waals surface area contributed by atoms with E-state index in [0.717, 1.165) is 12.1 Å². The van der Waals surface area contributed by atoms with Gasteiger partial charge in [-0.2, -0.15) is 13.2 Å². The van der Waals surface area contributed by atoms with Crippen molar-refractivity contribution in [3.8, 4) is 22.6 Å². The lowest BCUT2D eigenvalue weighted by Gasteiger charge is -2.16. The normalized spacial score (nSPS) is 11.9. The molecule has 0 aliphatic rings. The number of aromatic nitrogens is 3. The number of benzene rings is 3. The second kappa shape index (κ2) is 9.87. The van der Waals surface area contributed by atoms with Crippen LogP contribution in [0.5, 0.6) is 5.75 Å². The number of methoxy groups -OCH3 is 1. The van der Waals surface area contributed by atoms with Crippen molar-refractivity contribution < 1.29 is 26.3 Å². The van der Waals surface area contributed by atoms with Crippen LogP contribution in [0.4, 0.5) is 19.0 Å². The van der Waals surface area contributed by atoms with Crippen LogP contribution in [0, 0.1) is 0 Å². The van der Waals surface area contributed by atoms with Crippen molar-refractivity contribution >= 4 is 26.7 Å². The molecule has 0 aliphatic heterocycles. The van der Waals surface area contributed by atoms with E-state index in [-0.39, 0.29) is 16.5 Å². The van der Waals surface area contributed by atoms with Gasteiger partial charge >= 0.3 is 6.18 Å². The molecule has 0 aliphatic carbocycles. The molecule has 39 heavy (non-hydrogen) atoms. The summed E-state index contributed by atoms with van der Waals surface area (Å²) in [7, 11) is -2.62. The van der Waals surface area contributed by atoms with Crippen molar-refractivity contribution in [3.05, 3.63) is 107 Å². The highest BCUT2D eigenvalue weighted by atomic mass is 32.2. The van der Waals surface area contributed by atoms with Crippen LogP contribution < -0.4 is 15.0 Å². The summed E-state index contributed by atoms with van der Waals surface area (Å²) in [5.41, 5.74) is 0.306. The van der Waals surface area contributed by atoms with Crippen LogP contribution in [-0.4, -0.2) is 30.1 Å². The lowest BCUT2D eigenvalue weighted by atomic mass is 10.0. The van der Waals surface area contributed by atoms with Crippen LogP contribution >= 0.6 is 0 Å². The summed E-state index contributed by atoms with van der Waals surface area (Å²) in [5.74, 6) is 0.286. The number of fused-ring (bicyclic) bond motifs is 1. The Morgan fingerprint density at radius 3 is 2.44 bits per heavy atom. The zero-order valence-electron chi connectivity index (χ0n) is 20.2. The lowest BCUT2D eigenvalue weighted by molar-refractivity contribution is -0.137. The molecule has 0 unspecified atom stereocenters. The molecule has 2 heterocycles. The Morgan fingerprint density at radius 1 is 0.923 bits per heavy atom. The lowest BCUT2D eigenvalue weighted by Crippen LogP contribution is -2.19. The van der Waals surface area contributed by atoms with Crippen molar-refractivity contribution in [2.75, 3.05) is 11.8 Å². The number of halogens is 3. The van der Waals surface area contributed by atoms with Crippen LogP contribution in [0.25, 0.3) is 27.7 Å². The second-order valence-corrected chi connectivity index (χ2v) is 10.1. The fourth-order valence-corrected chi connectivity index (χ4v) is 5.13. The van der Waals surface area contributed by atoms with Gasteiger partial charge in [0, 0.05) is 23.8 Å². The fourth-order valence-electron chi connectivity index (χ4n) is 4.11. The SMILES string of the molecule is COc1cc(-c2cccc(C(F)(F)F)c2)ccc1-n1c(=O)ccc2cc(S(=O)(=O)Nc3cnccn3)ccc21. The summed E-state index contributed by atoms with van der Waals surface area (Å²) in [5, 5.41) is 0.445. The zero-order chi connectivity index (χ0) is 27.8. The molecule has 1 N–H and O–H groups in total. The Morgan fingerprint density at radius 2 is 1.72 bits per heavy atom. The highest BCUT2D eigenvalue weighted by Crippen LogP contribution is 2.35. The number of pyridine rings is 1. The smallest absolute Gasteiger partial charge is 0.416 e. The standard InChI is InChI=1S/C27H19F3N4O4S/c1-38-24-15-18(17-3-2-4-20(13-17)27(28,29)30)5-8-23(24)34-22-9-7-21(14-19(22)6-10-26(34)35)39(36,37)33-25-16-31-11-12-32-25/h2-16H,1H3,(H,32,33). The summed E-state index contributed by atoms with van der Waals surface area (Å²) in [6.07, 6.45) is -0.464. The first-order chi connectivity index (χ1) is 18.6. The van der Waals surface area contributed by atoms with Gasteiger partial charge in [0.1, 0.15) is 5.75 Å². The van der Waals surface area contributed by atoms with Crippen molar-refractivity contribution in [2.45, 2.75) is 11.1 Å². The van der Waals surface area contributed by atoms with E-state index in [1.165, 1.54) is 66.7 Å². The molecule has 0 radical (unpaired) electrons. The molecule has 0 spiro atoms. The third kappa shape index (κ3) is 5.18. The third-order valence-corrected chi connectivity index (χ3v) is 7.27. The minimum Gasteiger partial charge on any atom is -0.495 e. The maximum Gasteiger partial charge on any atom is 0.416 e. The topological polar surface area (TPSA) is 103 Å². The molecule has 5 rings (SSSR count). The Hall–Kier alpha value is -4.71. The molecular formula is C27H19F3N4O4S. The average molecular weight is 553 g/mol. The number of hydrogen-bond acceptors (Lipinski definition) is 6. The Balaban J connectivity index is 1.58. The zero-order valence-corrected chi connectivity index (χ0v) is 21.0. The van der Waals surface area contributed by atoms with E-state index in [0.29, 0.717) is 27.7 Å². The largest absolute Gasteiger partial charge is 0.495 e. The first-order valence-electron chi connectivity index (χ1n) is 11.4. The van der Waals surface area contributed by atoms with Crippen molar-refractivity contribution in [2.24, 2.45) is 0 Å². The molecule has 0 atom stereocenters. The third-order valence-electron chi connectivity index (χ3n) is 5.92. The van der Waals surface area contributed by atoms with Gasteiger partial charge in [-0.1, -0.05) is 18.2 Å². The van der Waals surface area contributed by atoms with E-state index in [1.54, 1.807) is 24.3 Å². The number of nitrogens with one attached hydrogen (secondary N) is 1. The van der Waals surface area contributed by atoms with E-state index in [1.807, 2.05) is 0 Å². The number of rotatable bonds is 6. The molecule has 0 bridgehead atoms. The van der Waals surface area contributed by atoms with E-state index < -0.39 is 27.3 Å². The fraction of sp³-hybridized carbons (Fsp3) is 0.0741. The molecule has 2 aromatic heterocycles. The Labute approximate surface area is 220 Å². The molecule has 0 amide bonds. The summed E-state index contributed by atoms with van der Waals surface area (Å²) in [6, 6.07) is 16.6. The molecule has 3 aromatic carbocycles. The number of alkyl halides is 3. The Bertz CT molecular complexity index is 1860. The van der Waals surface area contributed by atoms with Crippen LogP contribution in [0.1, 0.15) is 5.56 Å². The van der Waals surface area contributed by atoms with Crippen molar-refractivity contribution in [3.63, 3.8) is 0 Å². The minimum absolute atomic E-state index is 0.0492. The van der Waals surface area contributed by atoms with Gasteiger partial charge in [-0.3, -0.25) is 19.1 Å². The van der Waals surface area contributed by atoms with Gasteiger partial charge in [0.25, 0.3) is 15.6 Å². The van der Waals surface area contributed by atoms with Gasteiger partial charge in [-0.05, 0) is 59.7 Å². The van der Waals surface area contributed by atoms with E-state index in [9.17, 15) is 26.4 Å². The molecule has 198 valence electrons. The van der Waals surface area contributed by atoms with Crippen molar-refractivity contribution in [1.29, 1.82) is 0 Å². The van der Waals surface area contributed by atoms with E-state index >= 15 is 0 Å². The predicted octanol–water partition coefficient (Wildman–Crippen LogP) is 5.28. The van der Waals surface area contributed by atoms with Crippen LogP contribution in [-0.2, 0) is 16.2 Å². The number of nitrogens with zero attached hydrogens (tertiary/aromatic N) is 3. The van der Waals surface area contributed by atoms with Gasteiger partial charge in [0.2, 0.25) is 0 Å². The molecule has 8 nitrogen and oxygen atoms in total. The minimum atomic E-state index is -4.49. The molecule has 5 aromatic rings. The second-order valence-electron chi connectivity index (χ2n) is 8.39. The maximum atomic E-state index is 13.2. The van der Waals surface area contributed by atoms with E-state index in [2.05, 4.69) is 14.7 Å². The highest BCUT2D eigenvalue weighted by molar-refractivity contribution is 7.92. The monoisotopic (exact) mass is 552 g/mol. The summed E-state index contributed by atoms with van der Waals surface area (Å²) < 4.78 is 74.6. The average Bonchev–Trinajstić information content (AvgIpc) is 2.92. The first kappa shape index (κ1) is 25.9. The Kier molecular flexibility index (Phi) is 6.56. The number of hydrogen-bond donors (Lipinski definition) is 1. The van der Waals surface area contributed by atoms with Crippen LogP contribution in [0.3, 0.4) is 0 Å². The van der Waals surface area contributed by atoms with Gasteiger partial charge in [0.05, 0.1) is 35.0 Å². The predicted molar refractivity (Wildman–Crippen MR) is 139 cm³/mol. The highest BCUT2D eigenvalue weighted by Gasteiger charge is 2.30. The summed E-state index contributed by atoms with van der Waals surface area (Å²) in [6.45, 7) is 0. The number of sulfonamides is 1. The summed E-state index contributed by atoms with van der Waals surface area (Å²) >= 11 is 0. The van der Waals surface area contributed by atoms with Crippen LogP contribution in [0.15, 0.2) is 101 Å². The number of ether oxygens (including phenoxy) is 1. The van der Waals surface area contributed by atoms with Crippen molar-refractivity contribution in [1.82, 2.24) is 14.5 Å². The molecule has 0 fully saturated rings. The van der Waals surface area contributed by atoms with Crippen LogP contribution in [0.2, 0.25) is 0 Å². The van der Waals surface area contributed by atoms with Gasteiger partial charge in [-0.15, -0.1) is 0 Å². The quantitative estimate of drug-likeness (QED) is 0.308. The van der Waals surface area contributed by atoms with E-state index in [4.69, 9.17) is 4.74 Å². The summed E-state index contributed by atoms with van der Waals surface area (Å²) in [4.78, 5) is 20.7. The molecule has 0 saturated heterocycles. The van der Waals surface area contributed by atoms with Gasteiger partial charge < -0.3 is 4.74 Å². The van der Waals surface area contributed by atoms with Gasteiger partial charge in [0.15, 0.2) is 5.82 Å². The maximum absolute atomic E-state index is 13.2. The molecular weight excluding hydrogens is 533 g/mol.